The molecule has 0 aromatic carbocycles. The topological polar surface area (TPSA) is 136 Å². The zero-order valence-corrected chi connectivity index (χ0v) is 17.8. The van der Waals surface area contributed by atoms with Gasteiger partial charge in [0.15, 0.2) is 18.2 Å². The number of aromatic nitrogens is 3. The second-order valence-corrected chi connectivity index (χ2v) is 8.21. The summed E-state index contributed by atoms with van der Waals surface area (Å²) in [5.74, 6) is -0.331. The second-order valence-electron chi connectivity index (χ2n) is 8.21. The van der Waals surface area contributed by atoms with E-state index in [-0.39, 0.29) is 67.2 Å². The Morgan fingerprint density at radius 1 is 1.27 bits per heavy atom. The van der Waals surface area contributed by atoms with Crippen LogP contribution in [0.4, 0.5) is 20.8 Å². The Morgan fingerprint density at radius 3 is 2.91 bits per heavy atom. The maximum Gasteiger partial charge on any atom is 0.416 e. The third kappa shape index (κ3) is 4.21. The van der Waals surface area contributed by atoms with Crippen molar-refractivity contribution in [2.45, 2.75) is 38.3 Å². The van der Waals surface area contributed by atoms with E-state index >= 15 is 0 Å². The van der Waals surface area contributed by atoms with Crippen LogP contribution in [0.1, 0.15) is 23.2 Å². The largest absolute Gasteiger partial charge is 0.465 e. The molecule has 2 atom stereocenters. The van der Waals surface area contributed by atoms with Crippen molar-refractivity contribution in [2.75, 3.05) is 29.9 Å². The minimum absolute atomic E-state index is 0.0298. The van der Waals surface area contributed by atoms with Crippen LogP contribution in [-0.4, -0.2) is 64.6 Å². The predicted molar refractivity (Wildman–Crippen MR) is 112 cm³/mol. The van der Waals surface area contributed by atoms with Gasteiger partial charge in [-0.15, -0.1) is 0 Å². The molecule has 1 fully saturated rings. The number of cyclic esters (lactones) is 1. The molecule has 12 heteroatoms. The summed E-state index contributed by atoms with van der Waals surface area (Å²) in [5, 5.41) is 5.71. The Morgan fingerprint density at radius 2 is 2.09 bits per heavy atom. The van der Waals surface area contributed by atoms with Gasteiger partial charge >= 0.3 is 6.09 Å². The van der Waals surface area contributed by atoms with E-state index in [9.17, 15) is 18.8 Å². The first-order chi connectivity index (χ1) is 15.9. The normalized spacial score (nSPS) is 21.2. The van der Waals surface area contributed by atoms with Gasteiger partial charge < -0.3 is 20.1 Å². The number of hydrogen-bond donors (Lipinski definition) is 2. The molecule has 5 rings (SSSR count). The number of nitrogens with zero attached hydrogens (tertiary/aromatic N) is 4. The van der Waals surface area contributed by atoms with Crippen LogP contribution in [0.15, 0.2) is 12.4 Å². The van der Waals surface area contributed by atoms with Crippen molar-refractivity contribution in [3.8, 4) is 5.88 Å². The number of ketones is 1. The highest BCUT2D eigenvalue weighted by molar-refractivity contribution is 5.95. The van der Waals surface area contributed by atoms with Gasteiger partial charge in [0.2, 0.25) is 0 Å². The summed E-state index contributed by atoms with van der Waals surface area (Å²) in [7, 11) is 0. The number of ether oxygens (including phenoxy) is 2. The number of carbonyl (C=O) groups is 3. The molecule has 2 unspecified atom stereocenters. The Labute approximate surface area is 187 Å². The molecule has 2 aromatic rings. The molecule has 1 saturated heterocycles. The number of fused-ring (bicyclic) bond motifs is 2. The van der Waals surface area contributed by atoms with Crippen LogP contribution < -0.4 is 20.3 Å². The molecule has 0 saturated carbocycles. The summed E-state index contributed by atoms with van der Waals surface area (Å²) in [6, 6.07) is -0.0489. The smallest absolute Gasteiger partial charge is 0.416 e. The quantitative estimate of drug-likeness (QED) is 0.643. The molecular weight excluding hydrogens is 435 g/mol. The molecule has 33 heavy (non-hydrogen) atoms. The van der Waals surface area contributed by atoms with Crippen molar-refractivity contribution < 1.29 is 28.2 Å². The first-order valence-corrected chi connectivity index (χ1v) is 10.5. The van der Waals surface area contributed by atoms with Gasteiger partial charge in [-0.2, -0.15) is 0 Å². The van der Waals surface area contributed by atoms with E-state index in [2.05, 4.69) is 25.6 Å². The lowest BCUT2D eigenvalue weighted by molar-refractivity contribution is -0.120. The lowest BCUT2D eigenvalue weighted by Crippen LogP contribution is -2.35. The maximum absolute atomic E-state index is 14.0. The summed E-state index contributed by atoms with van der Waals surface area (Å²) >= 11 is 0. The van der Waals surface area contributed by atoms with E-state index in [0.29, 0.717) is 18.4 Å². The van der Waals surface area contributed by atoms with E-state index in [1.54, 1.807) is 0 Å². The Bertz CT molecular complexity index is 1130. The molecule has 0 radical (unpaired) electrons. The fourth-order valence-corrected chi connectivity index (χ4v) is 4.26. The van der Waals surface area contributed by atoms with Crippen molar-refractivity contribution in [1.82, 2.24) is 20.3 Å². The minimum atomic E-state index is -0.650. The van der Waals surface area contributed by atoms with E-state index in [1.165, 1.54) is 17.3 Å². The number of amides is 2. The first-order valence-electron chi connectivity index (χ1n) is 10.5. The molecule has 4 heterocycles. The highest BCUT2D eigenvalue weighted by atomic mass is 19.1. The Kier molecular flexibility index (Phi) is 5.36. The molecule has 3 aliphatic rings. The van der Waals surface area contributed by atoms with E-state index in [0.717, 1.165) is 11.3 Å². The third-order valence-corrected chi connectivity index (χ3v) is 5.88. The number of halogens is 1. The second kappa shape index (κ2) is 8.35. The van der Waals surface area contributed by atoms with Gasteiger partial charge in [0.1, 0.15) is 17.7 Å². The van der Waals surface area contributed by atoms with Crippen LogP contribution >= 0.6 is 0 Å². The van der Waals surface area contributed by atoms with Crippen molar-refractivity contribution in [3.63, 3.8) is 0 Å². The first kappa shape index (κ1) is 21.2. The van der Waals surface area contributed by atoms with Crippen LogP contribution in [0, 0.1) is 12.7 Å². The summed E-state index contributed by atoms with van der Waals surface area (Å²) in [6.07, 6.45) is 2.43. The summed E-state index contributed by atoms with van der Waals surface area (Å²) in [4.78, 5) is 49.9. The van der Waals surface area contributed by atoms with Gasteiger partial charge in [-0.1, -0.05) is 0 Å². The molecule has 172 valence electrons. The molecule has 11 nitrogen and oxygen atoms in total. The van der Waals surface area contributed by atoms with E-state index in [4.69, 9.17) is 9.47 Å². The highest BCUT2D eigenvalue weighted by Crippen LogP contribution is 2.28. The average molecular weight is 456 g/mol. The molecule has 0 bridgehead atoms. The zero-order chi connectivity index (χ0) is 23.1. The predicted octanol–water partition coefficient (Wildman–Crippen LogP) is 0.691. The highest BCUT2D eigenvalue weighted by Gasteiger charge is 2.36. The number of hydrogen-bond acceptors (Lipinski definition) is 9. The number of rotatable bonds is 6. The van der Waals surface area contributed by atoms with Crippen molar-refractivity contribution in [1.29, 1.82) is 0 Å². The molecule has 2 aromatic heterocycles. The Balaban J connectivity index is 1.15. The van der Waals surface area contributed by atoms with Gasteiger partial charge in [0.05, 0.1) is 25.5 Å². The zero-order valence-electron chi connectivity index (χ0n) is 17.8. The van der Waals surface area contributed by atoms with Crippen LogP contribution in [0.5, 0.6) is 5.88 Å². The van der Waals surface area contributed by atoms with Crippen molar-refractivity contribution >= 4 is 29.4 Å². The van der Waals surface area contributed by atoms with Crippen LogP contribution in [0.3, 0.4) is 0 Å². The fourth-order valence-electron chi connectivity index (χ4n) is 4.26. The number of aryl methyl sites for hydroxylation is 1. The van der Waals surface area contributed by atoms with Crippen molar-refractivity contribution in [3.05, 3.63) is 35.0 Å². The van der Waals surface area contributed by atoms with Gasteiger partial charge in [0, 0.05) is 18.2 Å². The van der Waals surface area contributed by atoms with Crippen LogP contribution in [-0.2, 0) is 27.2 Å². The molecule has 2 amide bonds. The van der Waals surface area contributed by atoms with Gasteiger partial charge in [-0.3, -0.25) is 19.5 Å². The van der Waals surface area contributed by atoms with E-state index in [1.807, 2.05) is 6.92 Å². The monoisotopic (exact) mass is 456 g/mol. The van der Waals surface area contributed by atoms with E-state index < -0.39 is 12.2 Å². The number of pyridine rings is 1. The molecule has 1 aliphatic carbocycles. The Hall–Kier alpha value is -3.67. The van der Waals surface area contributed by atoms with Crippen molar-refractivity contribution in [2.24, 2.45) is 0 Å². The lowest BCUT2D eigenvalue weighted by atomic mass is 10.1. The SMILES string of the molecule is Cc1ncc(F)c2c1CC(NCC(=O)CC1CN(c3cnc4c(n3)NC(=O)CO4)C(=O)O1)C2. The van der Waals surface area contributed by atoms with Gasteiger partial charge in [0.25, 0.3) is 11.8 Å². The van der Waals surface area contributed by atoms with Gasteiger partial charge in [-0.05, 0) is 30.9 Å². The molecular formula is C21H21FN6O5. The maximum atomic E-state index is 14.0. The van der Waals surface area contributed by atoms with Gasteiger partial charge in [-0.25, -0.2) is 19.2 Å². The number of carbonyl (C=O) groups excluding carboxylic acids is 3. The number of Topliss-reactive ketones (excluding diaryl/α,β-unsaturated/α-hetero) is 1. The standard InChI is InChI=1S/C21H21FN6O5/c1-10-14-2-11(3-15(14)16(22)6-23-10)24-5-12(29)4-13-8-28(21(31)33-13)17-7-25-20-19(26-17)27-18(30)9-32-20/h6-7,11,13,24H,2-5,8-9H2,1H3,(H,26,27,30). The number of anilines is 2. The molecule has 2 aliphatic heterocycles. The third-order valence-electron chi connectivity index (χ3n) is 5.88. The van der Waals surface area contributed by atoms with Crippen LogP contribution in [0.2, 0.25) is 0 Å². The lowest BCUT2D eigenvalue weighted by Gasteiger charge is -2.18. The van der Waals surface area contributed by atoms with Crippen LogP contribution in [0.25, 0.3) is 0 Å². The molecule has 2 N–H and O–H groups in total. The summed E-state index contributed by atoms with van der Waals surface area (Å²) < 4.78 is 24.5. The summed E-state index contributed by atoms with van der Waals surface area (Å²) in [5.41, 5.74) is 2.35. The summed E-state index contributed by atoms with van der Waals surface area (Å²) in [6.45, 7) is 1.91. The minimum Gasteiger partial charge on any atom is -0.465 e. The number of nitrogens with one attached hydrogen (secondary N) is 2. The molecule has 0 spiro atoms. The fraction of sp³-hybridized carbons (Fsp3) is 0.429. The average Bonchev–Trinajstić information content (AvgIpc) is 3.39.